The van der Waals surface area contributed by atoms with Gasteiger partial charge in [0.05, 0.1) is 6.26 Å². The van der Waals surface area contributed by atoms with Gasteiger partial charge in [0.25, 0.3) is 11.5 Å². The minimum Gasteiger partial charge on any atom is -0.368 e. The van der Waals surface area contributed by atoms with Crippen molar-refractivity contribution >= 4 is 21.6 Å². The molecular weight excluding hydrogens is 442 g/mol. The SMILES string of the molecule is Cc1ccc(N2CCN(C(=O)c3cn4c(nc3=O)C3(CCN(S(C)(=O)=O)C3)CC4)CC2)cc1. The minimum atomic E-state index is -3.29. The summed E-state index contributed by atoms with van der Waals surface area (Å²) in [6.07, 6.45) is 4.21. The molecule has 1 spiro atoms. The summed E-state index contributed by atoms with van der Waals surface area (Å²) in [5.74, 6) is 0.330. The molecule has 2 saturated heterocycles. The van der Waals surface area contributed by atoms with Crippen LogP contribution in [0.15, 0.2) is 35.3 Å². The molecule has 10 heteroatoms. The maximum atomic E-state index is 13.2. The molecule has 2 fully saturated rings. The van der Waals surface area contributed by atoms with Crippen molar-refractivity contribution < 1.29 is 13.2 Å². The number of fused-ring (bicyclic) bond motifs is 2. The van der Waals surface area contributed by atoms with E-state index in [2.05, 4.69) is 41.1 Å². The average Bonchev–Trinajstić information content (AvgIpc) is 3.38. The van der Waals surface area contributed by atoms with Crippen LogP contribution in [0.4, 0.5) is 5.69 Å². The molecule has 176 valence electrons. The highest BCUT2D eigenvalue weighted by atomic mass is 32.2. The van der Waals surface area contributed by atoms with Gasteiger partial charge in [0.15, 0.2) is 0 Å². The summed E-state index contributed by atoms with van der Waals surface area (Å²) >= 11 is 0. The summed E-state index contributed by atoms with van der Waals surface area (Å²) < 4.78 is 27.3. The number of carbonyl (C=O) groups excluding carboxylic acids is 1. The third kappa shape index (κ3) is 3.95. The van der Waals surface area contributed by atoms with Crippen molar-refractivity contribution in [2.75, 3.05) is 50.4 Å². The predicted molar refractivity (Wildman–Crippen MR) is 125 cm³/mol. The van der Waals surface area contributed by atoms with E-state index in [1.165, 1.54) is 16.1 Å². The van der Waals surface area contributed by atoms with E-state index < -0.39 is 21.0 Å². The lowest BCUT2D eigenvalue weighted by Crippen LogP contribution is -2.50. The number of aryl methyl sites for hydroxylation is 2. The Kier molecular flexibility index (Phi) is 5.32. The number of piperazine rings is 1. The Morgan fingerprint density at radius 3 is 2.30 bits per heavy atom. The topological polar surface area (TPSA) is 95.8 Å². The molecule has 2 aromatic rings. The molecule has 0 radical (unpaired) electrons. The quantitative estimate of drug-likeness (QED) is 0.658. The first-order chi connectivity index (χ1) is 15.7. The number of carbonyl (C=O) groups is 1. The lowest BCUT2D eigenvalue weighted by Gasteiger charge is -2.36. The van der Waals surface area contributed by atoms with Crippen LogP contribution in [0.2, 0.25) is 0 Å². The minimum absolute atomic E-state index is 0.0950. The number of amides is 1. The van der Waals surface area contributed by atoms with Gasteiger partial charge < -0.3 is 14.4 Å². The molecule has 33 heavy (non-hydrogen) atoms. The first-order valence-electron chi connectivity index (χ1n) is 11.3. The van der Waals surface area contributed by atoms with Crippen molar-refractivity contribution in [3.05, 3.63) is 57.8 Å². The van der Waals surface area contributed by atoms with Crippen LogP contribution in [-0.2, 0) is 22.0 Å². The van der Waals surface area contributed by atoms with E-state index in [-0.39, 0.29) is 11.5 Å². The van der Waals surface area contributed by atoms with E-state index in [1.807, 2.05) is 4.57 Å². The number of hydrogen-bond acceptors (Lipinski definition) is 6. The normalized spacial score (nSPS) is 23.3. The molecule has 0 bridgehead atoms. The molecule has 0 saturated carbocycles. The summed E-state index contributed by atoms with van der Waals surface area (Å²) in [6.45, 7) is 5.95. The second kappa shape index (κ2) is 7.95. The highest BCUT2D eigenvalue weighted by molar-refractivity contribution is 7.88. The van der Waals surface area contributed by atoms with Crippen LogP contribution in [-0.4, -0.2) is 78.6 Å². The van der Waals surface area contributed by atoms with Gasteiger partial charge >= 0.3 is 0 Å². The first-order valence-corrected chi connectivity index (χ1v) is 13.2. The van der Waals surface area contributed by atoms with Crippen LogP contribution in [0.25, 0.3) is 0 Å². The predicted octanol–water partition coefficient (Wildman–Crippen LogP) is 0.821. The van der Waals surface area contributed by atoms with E-state index in [9.17, 15) is 18.0 Å². The summed E-state index contributed by atoms with van der Waals surface area (Å²) in [5.41, 5.74) is 1.48. The van der Waals surface area contributed by atoms with Crippen LogP contribution >= 0.6 is 0 Å². The molecule has 1 amide bonds. The smallest absolute Gasteiger partial charge is 0.285 e. The highest BCUT2D eigenvalue weighted by Crippen LogP contribution is 2.41. The van der Waals surface area contributed by atoms with Crippen LogP contribution in [0.1, 0.15) is 34.6 Å². The fourth-order valence-corrected chi connectivity index (χ4v) is 6.18. The van der Waals surface area contributed by atoms with Crippen molar-refractivity contribution in [3.63, 3.8) is 0 Å². The number of aromatic nitrogens is 2. The molecule has 4 heterocycles. The number of anilines is 1. The van der Waals surface area contributed by atoms with Crippen LogP contribution in [0.5, 0.6) is 0 Å². The van der Waals surface area contributed by atoms with Gasteiger partial charge in [0.1, 0.15) is 11.4 Å². The van der Waals surface area contributed by atoms with Crippen molar-refractivity contribution in [3.8, 4) is 0 Å². The second-order valence-electron chi connectivity index (χ2n) is 9.47. The zero-order chi connectivity index (χ0) is 23.4. The highest BCUT2D eigenvalue weighted by Gasteiger charge is 2.48. The number of sulfonamides is 1. The van der Waals surface area contributed by atoms with Crippen molar-refractivity contribution in [1.29, 1.82) is 0 Å². The molecular formula is C23H29N5O4S. The largest absolute Gasteiger partial charge is 0.368 e. The molecule has 0 aliphatic carbocycles. The van der Waals surface area contributed by atoms with Gasteiger partial charge in [-0.2, -0.15) is 4.98 Å². The molecule has 1 aromatic carbocycles. The van der Waals surface area contributed by atoms with Crippen molar-refractivity contribution in [1.82, 2.24) is 18.8 Å². The summed E-state index contributed by atoms with van der Waals surface area (Å²) in [4.78, 5) is 34.3. The van der Waals surface area contributed by atoms with Crippen molar-refractivity contribution in [2.24, 2.45) is 0 Å². The van der Waals surface area contributed by atoms with Gasteiger partial charge in [-0.05, 0) is 31.9 Å². The zero-order valence-electron chi connectivity index (χ0n) is 19.0. The number of nitrogens with zero attached hydrogens (tertiary/aromatic N) is 5. The van der Waals surface area contributed by atoms with E-state index in [0.29, 0.717) is 58.1 Å². The molecule has 1 atom stereocenters. The summed E-state index contributed by atoms with van der Waals surface area (Å²) in [5, 5.41) is 0. The van der Waals surface area contributed by atoms with E-state index in [1.54, 1.807) is 11.1 Å². The van der Waals surface area contributed by atoms with Gasteiger partial charge in [-0.15, -0.1) is 0 Å². The Morgan fingerprint density at radius 1 is 1.00 bits per heavy atom. The molecule has 3 aliphatic heterocycles. The van der Waals surface area contributed by atoms with E-state index >= 15 is 0 Å². The summed E-state index contributed by atoms with van der Waals surface area (Å²) in [6, 6.07) is 8.34. The Labute approximate surface area is 193 Å². The van der Waals surface area contributed by atoms with Gasteiger partial charge in [-0.25, -0.2) is 12.7 Å². The van der Waals surface area contributed by atoms with Crippen LogP contribution in [0, 0.1) is 6.92 Å². The van der Waals surface area contributed by atoms with Crippen molar-refractivity contribution in [2.45, 2.75) is 31.7 Å². The fourth-order valence-electron chi connectivity index (χ4n) is 5.28. The number of rotatable bonds is 3. The lowest BCUT2D eigenvalue weighted by molar-refractivity contribution is 0.0744. The Hall–Kier alpha value is -2.72. The maximum Gasteiger partial charge on any atom is 0.285 e. The summed E-state index contributed by atoms with van der Waals surface area (Å²) in [7, 11) is -3.29. The Morgan fingerprint density at radius 2 is 1.67 bits per heavy atom. The fraction of sp³-hybridized carbons (Fsp3) is 0.522. The van der Waals surface area contributed by atoms with Gasteiger partial charge in [0, 0.05) is 63.1 Å². The van der Waals surface area contributed by atoms with E-state index in [0.717, 1.165) is 12.1 Å². The number of benzene rings is 1. The molecule has 9 nitrogen and oxygen atoms in total. The average molecular weight is 472 g/mol. The molecule has 1 aromatic heterocycles. The van der Waals surface area contributed by atoms with Gasteiger partial charge in [-0.3, -0.25) is 9.59 Å². The Balaban J connectivity index is 1.32. The van der Waals surface area contributed by atoms with Crippen LogP contribution in [0.3, 0.4) is 0 Å². The van der Waals surface area contributed by atoms with Crippen LogP contribution < -0.4 is 10.5 Å². The maximum absolute atomic E-state index is 13.2. The van der Waals surface area contributed by atoms with E-state index in [4.69, 9.17) is 0 Å². The number of hydrogen-bond donors (Lipinski definition) is 0. The molecule has 3 aliphatic rings. The van der Waals surface area contributed by atoms with Gasteiger partial charge in [0.2, 0.25) is 10.0 Å². The standard InChI is InChI=1S/C23H29N5O4S/c1-17-3-5-18(6-4-17)25-11-13-26(14-12-25)21(30)19-15-27-9-7-23(22(27)24-20(19)29)8-10-28(16-23)33(2,31)32/h3-6,15H,7-14,16H2,1-2H3. The first kappa shape index (κ1) is 22.1. The molecule has 0 N–H and O–H groups in total. The molecule has 5 rings (SSSR count). The Bertz CT molecular complexity index is 1250. The van der Waals surface area contributed by atoms with Gasteiger partial charge in [-0.1, -0.05) is 17.7 Å². The lowest BCUT2D eigenvalue weighted by atomic mass is 9.85. The third-order valence-electron chi connectivity index (χ3n) is 7.28. The molecule has 1 unspecified atom stereocenters. The second-order valence-corrected chi connectivity index (χ2v) is 11.5. The zero-order valence-corrected chi connectivity index (χ0v) is 19.8. The monoisotopic (exact) mass is 471 g/mol. The third-order valence-corrected chi connectivity index (χ3v) is 8.53.